The van der Waals surface area contributed by atoms with Gasteiger partial charge < -0.3 is 15.3 Å². The fourth-order valence-corrected chi connectivity index (χ4v) is 2.29. The molecule has 0 aromatic heterocycles. The Morgan fingerprint density at radius 1 is 1.33 bits per heavy atom. The van der Waals surface area contributed by atoms with Gasteiger partial charge in [-0.1, -0.05) is 0 Å². The molecule has 1 aliphatic rings. The molecule has 4 nitrogen and oxygen atoms in total. The third-order valence-corrected chi connectivity index (χ3v) is 4.07. The lowest BCUT2D eigenvalue weighted by Crippen LogP contribution is -2.33. The minimum Gasteiger partial charge on any atom is -0.481 e. The molecule has 1 fully saturated rings. The van der Waals surface area contributed by atoms with Crippen LogP contribution in [-0.4, -0.2) is 49.2 Å². The zero-order valence-corrected chi connectivity index (χ0v) is 12.0. The Kier molecular flexibility index (Phi) is 6.09. The number of rotatable bonds is 7. The van der Waals surface area contributed by atoms with Gasteiger partial charge in [0.25, 0.3) is 0 Å². The Morgan fingerprint density at radius 2 is 1.94 bits per heavy atom. The lowest BCUT2D eigenvalue weighted by atomic mass is 9.89. The van der Waals surface area contributed by atoms with Gasteiger partial charge in [-0.2, -0.15) is 0 Å². The summed E-state index contributed by atoms with van der Waals surface area (Å²) >= 11 is 0. The Labute approximate surface area is 111 Å². The van der Waals surface area contributed by atoms with Crippen LogP contribution in [0.3, 0.4) is 0 Å². The standard InChI is InChI=1S/C14H28N2O2/c1-14(2,13(17)18)7-9-15-8-4-12-5-10-16(3)11-6-12/h12,15H,4-11H2,1-3H3,(H,17,18). The average Bonchev–Trinajstić information content (AvgIpc) is 2.31. The molecule has 2 N–H and O–H groups in total. The second-order valence-electron chi connectivity index (χ2n) is 6.22. The summed E-state index contributed by atoms with van der Waals surface area (Å²) in [6, 6.07) is 0. The normalized spacial score (nSPS) is 19.1. The maximum absolute atomic E-state index is 10.9. The van der Waals surface area contributed by atoms with Gasteiger partial charge in [0.05, 0.1) is 5.41 Å². The molecule has 1 rings (SSSR count). The first-order valence-electron chi connectivity index (χ1n) is 7.04. The van der Waals surface area contributed by atoms with Gasteiger partial charge in [0, 0.05) is 0 Å². The Balaban J connectivity index is 2.04. The van der Waals surface area contributed by atoms with Crippen molar-refractivity contribution in [2.75, 3.05) is 33.2 Å². The Morgan fingerprint density at radius 3 is 2.50 bits per heavy atom. The Bertz CT molecular complexity index is 259. The molecule has 0 aromatic rings. The molecule has 0 atom stereocenters. The van der Waals surface area contributed by atoms with Crippen molar-refractivity contribution in [3.63, 3.8) is 0 Å². The minimum atomic E-state index is -0.709. The van der Waals surface area contributed by atoms with Crippen molar-refractivity contribution in [2.45, 2.75) is 39.5 Å². The number of carbonyl (C=O) groups is 1. The molecule has 1 saturated heterocycles. The van der Waals surface area contributed by atoms with Crippen molar-refractivity contribution in [3.8, 4) is 0 Å². The molecule has 0 radical (unpaired) electrons. The number of carboxylic acids is 1. The van der Waals surface area contributed by atoms with E-state index in [0.717, 1.165) is 19.0 Å². The van der Waals surface area contributed by atoms with E-state index in [1.54, 1.807) is 13.8 Å². The van der Waals surface area contributed by atoms with Crippen molar-refractivity contribution in [1.29, 1.82) is 0 Å². The highest BCUT2D eigenvalue weighted by atomic mass is 16.4. The monoisotopic (exact) mass is 256 g/mol. The van der Waals surface area contributed by atoms with Gasteiger partial charge in [-0.25, -0.2) is 0 Å². The zero-order chi connectivity index (χ0) is 13.6. The van der Waals surface area contributed by atoms with Gasteiger partial charge in [0.15, 0.2) is 0 Å². The maximum atomic E-state index is 10.9. The molecule has 0 saturated carbocycles. The first-order chi connectivity index (χ1) is 8.42. The molecule has 0 aliphatic carbocycles. The molecular formula is C14H28N2O2. The summed E-state index contributed by atoms with van der Waals surface area (Å²) in [6.07, 6.45) is 4.52. The largest absolute Gasteiger partial charge is 0.481 e. The highest BCUT2D eigenvalue weighted by molar-refractivity contribution is 5.73. The highest BCUT2D eigenvalue weighted by Crippen LogP contribution is 2.20. The van der Waals surface area contributed by atoms with Crippen LogP contribution in [0.2, 0.25) is 0 Å². The van der Waals surface area contributed by atoms with Crippen molar-refractivity contribution in [1.82, 2.24) is 10.2 Å². The predicted octanol–water partition coefficient (Wildman–Crippen LogP) is 1.81. The molecule has 0 amide bonds. The molecule has 18 heavy (non-hydrogen) atoms. The van der Waals surface area contributed by atoms with Crippen LogP contribution in [0.1, 0.15) is 39.5 Å². The third kappa shape index (κ3) is 5.36. The van der Waals surface area contributed by atoms with Crippen LogP contribution in [-0.2, 0) is 4.79 Å². The molecule has 4 heteroatoms. The highest BCUT2D eigenvalue weighted by Gasteiger charge is 2.26. The van der Waals surface area contributed by atoms with E-state index in [0.29, 0.717) is 6.42 Å². The maximum Gasteiger partial charge on any atom is 0.309 e. The molecule has 0 spiro atoms. The van der Waals surface area contributed by atoms with E-state index in [1.165, 1.54) is 32.4 Å². The molecule has 0 bridgehead atoms. The lowest BCUT2D eigenvalue weighted by molar-refractivity contribution is -0.147. The van der Waals surface area contributed by atoms with E-state index in [2.05, 4.69) is 17.3 Å². The van der Waals surface area contributed by atoms with Crippen molar-refractivity contribution < 1.29 is 9.90 Å². The number of likely N-dealkylation sites (tertiary alicyclic amines) is 1. The number of piperidine rings is 1. The SMILES string of the molecule is CN1CCC(CCNCCC(C)(C)C(=O)O)CC1. The van der Waals surface area contributed by atoms with Gasteiger partial charge >= 0.3 is 5.97 Å². The second-order valence-corrected chi connectivity index (χ2v) is 6.22. The van der Waals surface area contributed by atoms with E-state index in [4.69, 9.17) is 5.11 Å². The van der Waals surface area contributed by atoms with Gasteiger partial charge in [-0.15, -0.1) is 0 Å². The Hall–Kier alpha value is -0.610. The first-order valence-corrected chi connectivity index (χ1v) is 7.04. The van der Waals surface area contributed by atoms with Crippen LogP contribution in [0.4, 0.5) is 0 Å². The van der Waals surface area contributed by atoms with Crippen molar-refractivity contribution in [3.05, 3.63) is 0 Å². The summed E-state index contributed by atoms with van der Waals surface area (Å²) in [5, 5.41) is 12.4. The van der Waals surface area contributed by atoms with E-state index in [-0.39, 0.29) is 0 Å². The molecular weight excluding hydrogens is 228 g/mol. The summed E-state index contributed by atoms with van der Waals surface area (Å²) in [7, 11) is 2.18. The van der Waals surface area contributed by atoms with Crippen LogP contribution < -0.4 is 5.32 Å². The van der Waals surface area contributed by atoms with Crippen LogP contribution in [0.15, 0.2) is 0 Å². The van der Waals surface area contributed by atoms with Crippen LogP contribution >= 0.6 is 0 Å². The second kappa shape index (κ2) is 7.10. The van der Waals surface area contributed by atoms with Gasteiger partial charge in [0.1, 0.15) is 0 Å². The average molecular weight is 256 g/mol. The van der Waals surface area contributed by atoms with Crippen LogP contribution in [0.5, 0.6) is 0 Å². The summed E-state index contributed by atoms with van der Waals surface area (Å²) in [4.78, 5) is 13.3. The summed E-state index contributed by atoms with van der Waals surface area (Å²) in [5.41, 5.74) is -0.611. The third-order valence-electron chi connectivity index (χ3n) is 4.07. The summed E-state index contributed by atoms with van der Waals surface area (Å²) < 4.78 is 0. The molecule has 0 unspecified atom stereocenters. The summed E-state index contributed by atoms with van der Waals surface area (Å²) in [5.74, 6) is 0.140. The van der Waals surface area contributed by atoms with Crippen LogP contribution in [0, 0.1) is 11.3 Å². The smallest absolute Gasteiger partial charge is 0.309 e. The van der Waals surface area contributed by atoms with Crippen molar-refractivity contribution >= 4 is 5.97 Å². The number of nitrogens with one attached hydrogen (secondary N) is 1. The molecule has 106 valence electrons. The van der Waals surface area contributed by atoms with E-state index < -0.39 is 11.4 Å². The topological polar surface area (TPSA) is 52.6 Å². The fraction of sp³-hybridized carbons (Fsp3) is 0.929. The van der Waals surface area contributed by atoms with E-state index in [1.807, 2.05) is 0 Å². The fourth-order valence-electron chi connectivity index (χ4n) is 2.29. The quantitative estimate of drug-likeness (QED) is 0.682. The first kappa shape index (κ1) is 15.4. The number of hydrogen-bond acceptors (Lipinski definition) is 3. The van der Waals surface area contributed by atoms with Gasteiger partial charge in [-0.3, -0.25) is 4.79 Å². The molecule has 1 heterocycles. The lowest BCUT2D eigenvalue weighted by Gasteiger charge is -2.29. The van der Waals surface area contributed by atoms with E-state index in [9.17, 15) is 4.79 Å². The van der Waals surface area contributed by atoms with Gasteiger partial charge in [-0.05, 0) is 78.7 Å². The number of carboxylic acid groups (broad SMARTS) is 1. The number of aliphatic carboxylic acids is 1. The predicted molar refractivity (Wildman–Crippen MR) is 73.7 cm³/mol. The molecule has 0 aromatic carbocycles. The van der Waals surface area contributed by atoms with Gasteiger partial charge in [0.2, 0.25) is 0 Å². The van der Waals surface area contributed by atoms with Crippen LogP contribution in [0.25, 0.3) is 0 Å². The summed E-state index contributed by atoms with van der Waals surface area (Å²) in [6.45, 7) is 7.82. The number of hydrogen-bond donors (Lipinski definition) is 2. The zero-order valence-electron chi connectivity index (χ0n) is 12.0. The van der Waals surface area contributed by atoms with Crippen molar-refractivity contribution in [2.24, 2.45) is 11.3 Å². The molecule has 1 aliphatic heterocycles. The number of nitrogens with zero attached hydrogens (tertiary/aromatic N) is 1. The van der Waals surface area contributed by atoms with E-state index >= 15 is 0 Å². The minimum absolute atomic E-state index is 0.611.